The largest absolute Gasteiger partial charge is 0.494 e. The Morgan fingerprint density at radius 2 is 1.80 bits per heavy atom. The van der Waals surface area contributed by atoms with Gasteiger partial charge in [-0.25, -0.2) is 9.97 Å². The van der Waals surface area contributed by atoms with Crippen molar-refractivity contribution in [1.29, 1.82) is 0 Å². The van der Waals surface area contributed by atoms with E-state index in [-0.39, 0.29) is 5.91 Å². The minimum atomic E-state index is 0.0634. The predicted molar refractivity (Wildman–Crippen MR) is 118 cm³/mol. The second kappa shape index (κ2) is 8.95. The molecule has 2 heterocycles. The highest BCUT2D eigenvalue weighted by atomic mass is 16.5. The van der Waals surface area contributed by atoms with E-state index in [0.717, 1.165) is 41.6 Å². The van der Waals surface area contributed by atoms with E-state index in [1.165, 1.54) is 0 Å². The summed E-state index contributed by atoms with van der Waals surface area (Å²) in [6.07, 6.45) is 1.80. The Labute approximate surface area is 177 Å². The fourth-order valence-corrected chi connectivity index (χ4v) is 3.67. The van der Waals surface area contributed by atoms with E-state index in [2.05, 4.69) is 9.88 Å². The van der Waals surface area contributed by atoms with Gasteiger partial charge in [-0.1, -0.05) is 30.3 Å². The van der Waals surface area contributed by atoms with Gasteiger partial charge in [-0.05, 0) is 43.7 Å². The van der Waals surface area contributed by atoms with Gasteiger partial charge in [0.2, 0.25) is 0 Å². The van der Waals surface area contributed by atoms with Crippen LogP contribution in [0.1, 0.15) is 22.8 Å². The van der Waals surface area contributed by atoms with Crippen molar-refractivity contribution in [1.82, 2.24) is 14.9 Å². The minimum absolute atomic E-state index is 0.0634. The highest BCUT2D eigenvalue weighted by molar-refractivity contribution is 5.94. The van der Waals surface area contributed by atoms with Crippen molar-refractivity contribution in [3.63, 3.8) is 0 Å². The molecule has 1 aromatic heterocycles. The number of nitrogens with zero attached hydrogens (tertiary/aromatic N) is 4. The number of hydrogen-bond donors (Lipinski definition) is 0. The number of carbonyl (C=O) groups is 1. The maximum Gasteiger partial charge on any atom is 0.253 e. The Morgan fingerprint density at radius 1 is 1.03 bits per heavy atom. The van der Waals surface area contributed by atoms with Crippen LogP contribution in [0.3, 0.4) is 0 Å². The van der Waals surface area contributed by atoms with Gasteiger partial charge < -0.3 is 14.5 Å². The molecule has 0 N–H and O–H groups in total. The predicted octanol–water partition coefficient (Wildman–Crippen LogP) is 3.81. The minimum Gasteiger partial charge on any atom is -0.494 e. The molecule has 0 radical (unpaired) electrons. The average Bonchev–Trinajstić information content (AvgIpc) is 2.81. The van der Waals surface area contributed by atoms with E-state index in [9.17, 15) is 4.79 Å². The highest BCUT2D eigenvalue weighted by Crippen LogP contribution is 2.22. The zero-order valence-corrected chi connectivity index (χ0v) is 17.4. The molecule has 6 nitrogen and oxygen atoms in total. The first-order chi connectivity index (χ1) is 14.7. The fourth-order valence-electron chi connectivity index (χ4n) is 3.67. The number of carbonyl (C=O) groups excluding carboxylic acids is 1. The molecular weight excluding hydrogens is 376 g/mol. The number of ether oxygens (including phenoxy) is 1. The molecule has 0 atom stereocenters. The molecule has 2 aromatic carbocycles. The van der Waals surface area contributed by atoms with E-state index < -0.39 is 0 Å². The Kier molecular flexibility index (Phi) is 5.93. The first kappa shape index (κ1) is 19.9. The number of aryl methyl sites for hydroxylation is 1. The third-order valence-electron chi connectivity index (χ3n) is 5.29. The van der Waals surface area contributed by atoms with Crippen molar-refractivity contribution in [3.8, 4) is 17.1 Å². The lowest BCUT2D eigenvalue weighted by atomic mass is 10.1. The SMILES string of the molecule is CCOc1ccc(C(=O)N2CCN(c3ccnc(-c4ccccc4)n3)CC2)cc1C. The monoisotopic (exact) mass is 402 g/mol. The molecule has 1 aliphatic heterocycles. The van der Waals surface area contributed by atoms with Crippen LogP contribution >= 0.6 is 0 Å². The fraction of sp³-hybridized carbons (Fsp3) is 0.292. The second-order valence-corrected chi connectivity index (χ2v) is 7.30. The van der Waals surface area contributed by atoms with Crippen LogP contribution in [-0.2, 0) is 0 Å². The molecule has 30 heavy (non-hydrogen) atoms. The van der Waals surface area contributed by atoms with Crippen LogP contribution in [0.5, 0.6) is 5.75 Å². The molecule has 0 aliphatic carbocycles. The van der Waals surface area contributed by atoms with Crippen LogP contribution in [-0.4, -0.2) is 53.6 Å². The van der Waals surface area contributed by atoms with E-state index >= 15 is 0 Å². The topological polar surface area (TPSA) is 58.6 Å². The molecule has 1 aliphatic rings. The maximum absolute atomic E-state index is 12.9. The standard InChI is InChI=1S/C24H26N4O2/c1-3-30-21-10-9-20(17-18(21)2)24(29)28-15-13-27(14-16-28)22-11-12-25-23(26-22)19-7-5-4-6-8-19/h4-12,17H,3,13-16H2,1-2H3. The van der Waals surface area contributed by atoms with Crippen molar-refractivity contribution >= 4 is 11.7 Å². The highest BCUT2D eigenvalue weighted by Gasteiger charge is 2.23. The Bertz CT molecular complexity index is 1010. The van der Waals surface area contributed by atoms with E-state index in [1.54, 1.807) is 6.20 Å². The molecule has 1 saturated heterocycles. The summed E-state index contributed by atoms with van der Waals surface area (Å²) >= 11 is 0. The molecule has 0 saturated carbocycles. The van der Waals surface area contributed by atoms with E-state index in [1.807, 2.05) is 73.3 Å². The molecule has 3 aromatic rings. The lowest BCUT2D eigenvalue weighted by Crippen LogP contribution is -2.49. The van der Waals surface area contributed by atoms with Crippen molar-refractivity contribution in [2.45, 2.75) is 13.8 Å². The van der Waals surface area contributed by atoms with Gasteiger partial charge in [-0.15, -0.1) is 0 Å². The van der Waals surface area contributed by atoms with Gasteiger partial charge >= 0.3 is 0 Å². The van der Waals surface area contributed by atoms with Crippen LogP contribution in [0.15, 0.2) is 60.8 Å². The molecule has 1 amide bonds. The van der Waals surface area contributed by atoms with Crippen LogP contribution < -0.4 is 9.64 Å². The van der Waals surface area contributed by atoms with Gasteiger partial charge in [0.1, 0.15) is 11.6 Å². The maximum atomic E-state index is 12.9. The van der Waals surface area contributed by atoms with Crippen molar-refractivity contribution in [2.75, 3.05) is 37.7 Å². The zero-order chi connectivity index (χ0) is 20.9. The lowest BCUT2D eigenvalue weighted by molar-refractivity contribution is 0.0746. The number of anilines is 1. The molecule has 6 heteroatoms. The van der Waals surface area contributed by atoms with Gasteiger partial charge in [0, 0.05) is 43.5 Å². The molecular formula is C24H26N4O2. The van der Waals surface area contributed by atoms with Crippen LogP contribution in [0.25, 0.3) is 11.4 Å². The van der Waals surface area contributed by atoms with Crippen LogP contribution in [0.2, 0.25) is 0 Å². The Hall–Kier alpha value is -3.41. The summed E-state index contributed by atoms with van der Waals surface area (Å²) < 4.78 is 5.58. The summed E-state index contributed by atoms with van der Waals surface area (Å²) in [6.45, 7) is 7.36. The Balaban J connectivity index is 1.42. The summed E-state index contributed by atoms with van der Waals surface area (Å²) in [5, 5.41) is 0. The summed E-state index contributed by atoms with van der Waals surface area (Å²) in [6, 6.07) is 17.5. The van der Waals surface area contributed by atoms with Crippen LogP contribution in [0.4, 0.5) is 5.82 Å². The molecule has 4 rings (SSSR count). The van der Waals surface area contributed by atoms with Crippen LogP contribution in [0, 0.1) is 6.92 Å². The first-order valence-electron chi connectivity index (χ1n) is 10.3. The summed E-state index contributed by atoms with van der Waals surface area (Å²) in [4.78, 5) is 26.2. The van der Waals surface area contributed by atoms with Crippen molar-refractivity contribution < 1.29 is 9.53 Å². The Morgan fingerprint density at radius 3 is 2.50 bits per heavy atom. The number of rotatable bonds is 5. The molecule has 1 fully saturated rings. The summed E-state index contributed by atoms with van der Waals surface area (Å²) in [5.41, 5.74) is 2.69. The quantitative estimate of drug-likeness (QED) is 0.649. The van der Waals surface area contributed by atoms with Crippen molar-refractivity contribution in [3.05, 3.63) is 71.9 Å². The number of piperazine rings is 1. The number of amides is 1. The molecule has 0 spiro atoms. The first-order valence-corrected chi connectivity index (χ1v) is 10.3. The third-order valence-corrected chi connectivity index (χ3v) is 5.29. The molecule has 0 bridgehead atoms. The van der Waals surface area contributed by atoms with Gasteiger partial charge in [-0.2, -0.15) is 0 Å². The van der Waals surface area contributed by atoms with E-state index in [0.29, 0.717) is 25.3 Å². The van der Waals surface area contributed by atoms with Gasteiger partial charge in [0.15, 0.2) is 5.82 Å². The number of benzene rings is 2. The normalized spacial score (nSPS) is 13.9. The summed E-state index contributed by atoms with van der Waals surface area (Å²) in [7, 11) is 0. The molecule has 154 valence electrons. The summed E-state index contributed by atoms with van der Waals surface area (Å²) in [5.74, 6) is 2.51. The van der Waals surface area contributed by atoms with Gasteiger partial charge in [0.25, 0.3) is 5.91 Å². The second-order valence-electron chi connectivity index (χ2n) is 7.30. The number of aromatic nitrogens is 2. The number of hydrogen-bond acceptors (Lipinski definition) is 5. The smallest absolute Gasteiger partial charge is 0.253 e. The third kappa shape index (κ3) is 4.27. The zero-order valence-electron chi connectivity index (χ0n) is 17.4. The van der Waals surface area contributed by atoms with Gasteiger partial charge in [0.05, 0.1) is 6.61 Å². The molecule has 0 unspecified atom stereocenters. The van der Waals surface area contributed by atoms with E-state index in [4.69, 9.17) is 9.72 Å². The van der Waals surface area contributed by atoms with Gasteiger partial charge in [-0.3, -0.25) is 4.79 Å². The lowest BCUT2D eigenvalue weighted by Gasteiger charge is -2.35. The average molecular weight is 402 g/mol. The van der Waals surface area contributed by atoms with Crippen molar-refractivity contribution in [2.24, 2.45) is 0 Å².